The van der Waals surface area contributed by atoms with Gasteiger partial charge in [-0.2, -0.15) is 0 Å². The number of anilines is 2. The minimum absolute atomic E-state index is 0.00467. The summed E-state index contributed by atoms with van der Waals surface area (Å²) in [7, 11) is 0. The van der Waals surface area contributed by atoms with Gasteiger partial charge in [0, 0.05) is 31.4 Å². The van der Waals surface area contributed by atoms with Gasteiger partial charge in [0.2, 0.25) is 5.91 Å². The highest BCUT2D eigenvalue weighted by Crippen LogP contribution is 2.25. The van der Waals surface area contributed by atoms with E-state index in [4.69, 9.17) is 0 Å². The lowest BCUT2D eigenvalue weighted by Crippen LogP contribution is -2.53. The van der Waals surface area contributed by atoms with Crippen molar-refractivity contribution in [3.05, 3.63) is 54.1 Å². The maximum Gasteiger partial charge on any atom is 0.240 e. The van der Waals surface area contributed by atoms with E-state index < -0.39 is 0 Å². The van der Waals surface area contributed by atoms with Crippen molar-refractivity contribution >= 4 is 38.3 Å². The Hall–Kier alpha value is -2.44. The van der Waals surface area contributed by atoms with E-state index in [1.807, 2.05) is 24.3 Å². The highest BCUT2D eigenvalue weighted by atomic mass is 32.1. The molecule has 1 saturated heterocycles. The molecule has 0 unspecified atom stereocenters. The Bertz CT molecular complexity index is 904. The summed E-state index contributed by atoms with van der Waals surface area (Å²) in [5, 5.41) is 3.63. The third kappa shape index (κ3) is 4.12. The van der Waals surface area contributed by atoms with Crippen LogP contribution in [-0.4, -0.2) is 48.0 Å². The molecule has 2 aromatic carbocycles. The molecule has 140 valence electrons. The van der Waals surface area contributed by atoms with Gasteiger partial charge in [-0.3, -0.25) is 9.69 Å². The molecular formula is C21H24N4OS. The average molecular weight is 381 g/mol. The Kier molecular flexibility index (Phi) is 5.09. The minimum Gasteiger partial charge on any atom is -0.366 e. The Balaban J connectivity index is 1.33. The summed E-state index contributed by atoms with van der Waals surface area (Å²) in [6.45, 7) is 7.42. The number of hydrogen-bond donors (Lipinski definition) is 1. The number of piperazine rings is 1. The largest absolute Gasteiger partial charge is 0.366 e. The molecule has 0 aliphatic carbocycles. The van der Waals surface area contributed by atoms with Crippen molar-refractivity contribution in [1.29, 1.82) is 0 Å². The number of carbonyl (C=O) groups is 1. The fourth-order valence-corrected chi connectivity index (χ4v) is 4.47. The summed E-state index contributed by atoms with van der Waals surface area (Å²) >= 11 is 1.52. The third-order valence-corrected chi connectivity index (χ3v) is 5.94. The second-order valence-electron chi connectivity index (χ2n) is 7.15. The van der Waals surface area contributed by atoms with Crippen molar-refractivity contribution < 1.29 is 4.79 Å². The summed E-state index contributed by atoms with van der Waals surface area (Å²) in [6, 6.07) is 17.0. The maximum absolute atomic E-state index is 12.5. The molecule has 5 nitrogen and oxygen atoms in total. The SMILES string of the molecule is Cc1ccc(N2CCN(CC(=O)Nc3nc4ccccc4s3)C[C@@H]2C)cc1. The van der Waals surface area contributed by atoms with E-state index in [1.54, 1.807) is 0 Å². The zero-order valence-corrected chi connectivity index (χ0v) is 16.5. The number of para-hydroxylation sites is 1. The van der Waals surface area contributed by atoms with Crippen molar-refractivity contribution in [3.8, 4) is 0 Å². The molecule has 2 heterocycles. The number of nitrogens with zero attached hydrogens (tertiary/aromatic N) is 3. The number of aromatic nitrogens is 1. The molecule has 1 aliphatic heterocycles. The molecule has 0 spiro atoms. The molecular weight excluding hydrogens is 356 g/mol. The highest BCUT2D eigenvalue weighted by molar-refractivity contribution is 7.22. The van der Waals surface area contributed by atoms with Crippen molar-refractivity contribution in [1.82, 2.24) is 9.88 Å². The van der Waals surface area contributed by atoms with Crippen molar-refractivity contribution in [2.24, 2.45) is 0 Å². The zero-order chi connectivity index (χ0) is 18.8. The second kappa shape index (κ2) is 7.66. The highest BCUT2D eigenvalue weighted by Gasteiger charge is 2.25. The molecule has 3 aromatic rings. The van der Waals surface area contributed by atoms with Gasteiger partial charge in [-0.15, -0.1) is 0 Å². The molecule has 6 heteroatoms. The number of carbonyl (C=O) groups excluding carboxylic acids is 1. The first kappa shape index (κ1) is 17.9. The minimum atomic E-state index is 0.00467. The molecule has 4 rings (SSSR count). The number of thiazole rings is 1. The van der Waals surface area contributed by atoms with Gasteiger partial charge in [0.1, 0.15) is 0 Å². The summed E-state index contributed by atoms with van der Waals surface area (Å²) in [6.07, 6.45) is 0. The Morgan fingerprint density at radius 2 is 1.96 bits per heavy atom. The van der Waals surface area contributed by atoms with E-state index in [9.17, 15) is 4.79 Å². The van der Waals surface area contributed by atoms with Gasteiger partial charge in [-0.05, 0) is 38.1 Å². The molecule has 1 fully saturated rings. The first-order chi connectivity index (χ1) is 13.1. The van der Waals surface area contributed by atoms with Crippen molar-refractivity contribution in [3.63, 3.8) is 0 Å². The van der Waals surface area contributed by atoms with Gasteiger partial charge in [0.05, 0.1) is 16.8 Å². The van der Waals surface area contributed by atoms with Gasteiger partial charge >= 0.3 is 0 Å². The molecule has 1 atom stereocenters. The number of amides is 1. The van der Waals surface area contributed by atoms with Crippen LogP contribution in [0, 0.1) is 6.92 Å². The van der Waals surface area contributed by atoms with Crippen LogP contribution in [0.2, 0.25) is 0 Å². The fraction of sp³-hybridized carbons (Fsp3) is 0.333. The van der Waals surface area contributed by atoms with Crippen LogP contribution >= 0.6 is 11.3 Å². The van der Waals surface area contributed by atoms with E-state index >= 15 is 0 Å². The number of hydrogen-bond acceptors (Lipinski definition) is 5. The lowest BCUT2D eigenvalue weighted by atomic mass is 10.1. The van der Waals surface area contributed by atoms with E-state index in [1.165, 1.54) is 22.6 Å². The number of benzene rings is 2. The first-order valence-corrected chi connectivity index (χ1v) is 10.1. The lowest BCUT2D eigenvalue weighted by molar-refractivity contribution is -0.117. The van der Waals surface area contributed by atoms with E-state index in [0.29, 0.717) is 17.7 Å². The van der Waals surface area contributed by atoms with Crippen LogP contribution in [0.25, 0.3) is 10.2 Å². The second-order valence-corrected chi connectivity index (χ2v) is 8.18. The van der Waals surface area contributed by atoms with E-state index in [0.717, 1.165) is 29.9 Å². The average Bonchev–Trinajstić information content (AvgIpc) is 3.05. The summed E-state index contributed by atoms with van der Waals surface area (Å²) in [4.78, 5) is 21.6. The third-order valence-electron chi connectivity index (χ3n) is 4.98. The maximum atomic E-state index is 12.5. The van der Waals surface area contributed by atoms with Gasteiger partial charge in [-0.1, -0.05) is 41.2 Å². The number of fused-ring (bicyclic) bond motifs is 1. The van der Waals surface area contributed by atoms with Crippen LogP contribution in [0.15, 0.2) is 48.5 Å². The van der Waals surface area contributed by atoms with Gasteiger partial charge in [0.25, 0.3) is 0 Å². The normalized spacial score (nSPS) is 18.0. The molecule has 1 aliphatic rings. The first-order valence-electron chi connectivity index (χ1n) is 9.29. The van der Waals surface area contributed by atoms with E-state index in [-0.39, 0.29) is 5.91 Å². The predicted molar refractivity (Wildman–Crippen MR) is 113 cm³/mol. The van der Waals surface area contributed by atoms with Crippen LogP contribution in [0.5, 0.6) is 0 Å². The van der Waals surface area contributed by atoms with E-state index in [2.05, 4.69) is 58.2 Å². The van der Waals surface area contributed by atoms with Crippen molar-refractivity contribution in [2.45, 2.75) is 19.9 Å². The number of aryl methyl sites for hydroxylation is 1. The Morgan fingerprint density at radius 1 is 1.19 bits per heavy atom. The monoisotopic (exact) mass is 380 g/mol. The zero-order valence-electron chi connectivity index (χ0n) is 15.7. The van der Waals surface area contributed by atoms with Gasteiger partial charge < -0.3 is 10.2 Å². The lowest BCUT2D eigenvalue weighted by Gasteiger charge is -2.41. The van der Waals surface area contributed by atoms with Crippen LogP contribution in [0.3, 0.4) is 0 Å². The molecule has 27 heavy (non-hydrogen) atoms. The molecule has 0 radical (unpaired) electrons. The van der Waals surface area contributed by atoms with Crippen LogP contribution < -0.4 is 10.2 Å². The van der Waals surface area contributed by atoms with Gasteiger partial charge in [-0.25, -0.2) is 4.98 Å². The Morgan fingerprint density at radius 3 is 2.70 bits per heavy atom. The molecule has 0 saturated carbocycles. The molecule has 1 aromatic heterocycles. The summed E-state index contributed by atoms with van der Waals surface area (Å²) < 4.78 is 1.09. The standard InChI is InChI=1S/C21H24N4OS/c1-15-7-9-17(10-8-15)25-12-11-24(13-16(25)2)14-20(26)23-21-22-18-5-3-4-6-19(18)27-21/h3-10,16H,11-14H2,1-2H3,(H,22,23,26)/t16-/m0/s1. The van der Waals surface area contributed by atoms with Crippen LogP contribution in [-0.2, 0) is 4.79 Å². The molecule has 1 N–H and O–H groups in total. The summed E-state index contributed by atoms with van der Waals surface area (Å²) in [5.41, 5.74) is 3.46. The quantitative estimate of drug-likeness (QED) is 0.749. The number of rotatable bonds is 4. The van der Waals surface area contributed by atoms with Crippen molar-refractivity contribution in [2.75, 3.05) is 36.4 Å². The van der Waals surface area contributed by atoms with Crippen LogP contribution in [0.1, 0.15) is 12.5 Å². The molecule has 1 amide bonds. The topological polar surface area (TPSA) is 48.5 Å². The fourth-order valence-electron chi connectivity index (χ4n) is 3.58. The summed E-state index contributed by atoms with van der Waals surface area (Å²) in [5.74, 6) is 0.00467. The predicted octanol–water partition coefficient (Wildman–Crippen LogP) is 3.75. The Labute approximate surface area is 163 Å². The smallest absolute Gasteiger partial charge is 0.240 e. The number of nitrogens with one attached hydrogen (secondary N) is 1. The van der Waals surface area contributed by atoms with Gasteiger partial charge in [0.15, 0.2) is 5.13 Å². The molecule has 0 bridgehead atoms. The van der Waals surface area contributed by atoms with Crippen LogP contribution in [0.4, 0.5) is 10.8 Å².